The van der Waals surface area contributed by atoms with Crippen LogP contribution in [0, 0.1) is 17.8 Å². The predicted octanol–water partition coefficient (Wildman–Crippen LogP) is 1.98. The lowest BCUT2D eigenvalue weighted by molar-refractivity contribution is 0.0381. The van der Waals surface area contributed by atoms with Crippen LogP contribution >= 0.6 is 11.9 Å². The second-order valence-corrected chi connectivity index (χ2v) is 7.40. The summed E-state index contributed by atoms with van der Waals surface area (Å²) < 4.78 is 2.95. The van der Waals surface area contributed by atoms with E-state index >= 15 is 0 Å². The van der Waals surface area contributed by atoms with Crippen molar-refractivity contribution in [1.82, 2.24) is 10.0 Å². The predicted molar refractivity (Wildman–Crippen MR) is 69.7 cm³/mol. The molecule has 100 valence electrons. The molecule has 0 aromatic heterocycles. The van der Waals surface area contributed by atoms with E-state index in [4.69, 9.17) is 5.73 Å². The summed E-state index contributed by atoms with van der Waals surface area (Å²) in [6.45, 7) is 0. The Morgan fingerprint density at radius 2 is 1.56 bits per heavy atom. The topological polar surface area (TPSA) is 84.2 Å². The van der Waals surface area contributed by atoms with Crippen LogP contribution < -0.4 is 15.8 Å². The Bertz CT molecular complexity index is 350. The summed E-state index contributed by atoms with van der Waals surface area (Å²) in [5.74, 6) is 2.55. The lowest BCUT2D eigenvalue weighted by atomic mass is 9.56. The van der Waals surface area contributed by atoms with Gasteiger partial charge in [0.1, 0.15) is 0 Å². The zero-order valence-electron chi connectivity index (χ0n) is 10.3. The molecule has 6 heteroatoms. The summed E-state index contributed by atoms with van der Waals surface area (Å²) >= 11 is 1.51. The molecule has 0 saturated heterocycles. The van der Waals surface area contributed by atoms with Crippen molar-refractivity contribution in [2.75, 3.05) is 0 Å². The maximum atomic E-state index is 11.4. The van der Waals surface area contributed by atoms with E-state index in [1.165, 1.54) is 50.5 Å². The van der Waals surface area contributed by atoms with Crippen LogP contribution in [0.4, 0.5) is 9.59 Å². The summed E-state index contributed by atoms with van der Waals surface area (Å²) in [5.41, 5.74) is 4.91. The monoisotopic (exact) mass is 269 g/mol. The Kier molecular flexibility index (Phi) is 2.92. The van der Waals surface area contributed by atoms with Crippen molar-refractivity contribution in [1.29, 1.82) is 0 Å². The van der Waals surface area contributed by atoms with Gasteiger partial charge in [-0.05, 0) is 68.2 Å². The summed E-state index contributed by atoms with van der Waals surface area (Å²) in [5, 5.41) is 2.04. The first-order chi connectivity index (χ1) is 8.55. The Morgan fingerprint density at radius 1 is 1.06 bits per heavy atom. The van der Waals surface area contributed by atoms with Gasteiger partial charge in [-0.15, -0.1) is 0 Å². The molecule has 5 nitrogen and oxygen atoms in total. The number of amides is 4. The molecule has 0 aromatic carbocycles. The van der Waals surface area contributed by atoms with Crippen LogP contribution in [0.15, 0.2) is 0 Å². The third-order valence-corrected chi connectivity index (χ3v) is 5.80. The van der Waals surface area contributed by atoms with Crippen molar-refractivity contribution in [3.05, 3.63) is 0 Å². The largest absolute Gasteiger partial charge is 0.351 e. The number of carbonyl (C=O) groups is 2. The standard InChI is InChI=1S/C12H19N3O2S/c13-10(16)14-11(17)15-18-12-4-7-1-8(5-12)3-9(2-7)6-12/h7-9H,1-6H2,(H4,13,14,15,16,17). The van der Waals surface area contributed by atoms with Crippen LogP contribution in [0.2, 0.25) is 0 Å². The van der Waals surface area contributed by atoms with Crippen LogP contribution in [-0.2, 0) is 0 Å². The number of nitrogens with one attached hydrogen (secondary N) is 2. The second kappa shape index (κ2) is 4.33. The number of hydrogen-bond acceptors (Lipinski definition) is 3. The molecule has 4 fully saturated rings. The fourth-order valence-electron chi connectivity index (χ4n) is 4.45. The molecule has 0 aromatic rings. The Morgan fingerprint density at radius 3 is 2.00 bits per heavy atom. The highest BCUT2D eigenvalue weighted by Crippen LogP contribution is 2.59. The molecule has 0 heterocycles. The SMILES string of the molecule is NC(=O)NC(=O)NSC12CC3CC(CC(C3)C1)C2. The first kappa shape index (κ1) is 12.1. The van der Waals surface area contributed by atoms with Crippen LogP contribution in [0.1, 0.15) is 38.5 Å². The van der Waals surface area contributed by atoms with Crippen LogP contribution in [0.25, 0.3) is 0 Å². The van der Waals surface area contributed by atoms with E-state index in [9.17, 15) is 9.59 Å². The number of rotatable bonds is 2. The van der Waals surface area contributed by atoms with Gasteiger partial charge in [0.2, 0.25) is 0 Å². The van der Waals surface area contributed by atoms with Crippen molar-refractivity contribution < 1.29 is 9.59 Å². The fraction of sp³-hybridized carbons (Fsp3) is 0.833. The highest BCUT2D eigenvalue weighted by molar-refractivity contribution is 7.99. The highest BCUT2D eigenvalue weighted by atomic mass is 32.2. The first-order valence-corrected chi connectivity index (χ1v) is 7.41. The second-order valence-electron chi connectivity index (χ2n) is 6.12. The van der Waals surface area contributed by atoms with Crippen molar-refractivity contribution >= 4 is 24.0 Å². The molecule has 4 saturated carbocycles. The minimum atomic E-state index is -0.807. The zero-order valence-corrected chi connectivity index (χ0v) is 11.1. The van der Waals surface area contributed by atoms with E-state index in [0.29, 0.717) is 0 Å². The van der Waals surface area contributed by atoms with Gasteiger partial charge >= 0.3 is 12.1 Å². The van der Waals surface area contributed by atoms with E-state index in [1.54, 1.807) is 0 Å². The Labute approximate surface area is 111 Å². The molecule has 0 aliphatic heterocycles. The molecule has 18 heavy (non-hydrogen) atoms. The van der Waals surface area contributed by atoms with Gasteiger partial charge < -0.3 is 5.73 Å². The lowest BCUT2D eigenvalue weighted by Gasteiger charge is -2.56. The van der Waals surface area contributed by atoms with Gasteiger partial charge in [0.25, 0.3) is 0 Å². The number of hydrogen-bond donors (Lipinski definition) is 3. The minimum absolute atomic E-state index is 0.212. The number of carbonyl (C=O) groups excluding carboxylic acids is 2. The molecular formula is C12H19N3O2S. The maximum Gasteiger partial charge on any atom is 0.332 e. The van der Waals surface area contributed by atoms with E-state index in [0.717, 1.165) is 17.8 Å². The molecule has 4 aliphatic carbocycles. The lowest BCUT2D eigenvalue weighted by Crippen LogP contribution is -2.51. The normalized spacial score (nSPS) is 40.6. The number of primary amides is 1. The fourth-order valence-corrected chi connectivity index (χ4v) is 5.77. The van der Waals surface area contributed by atoms with E-state index in [1.807, 2.05) is 5.32 Å². The van der Waals surface area contributed by atoms with E-state index in [-0.39, 0.29) is 4.75 Å². The van der Waals surface area contributed by atoms with Gasteiger partial charge in [-0.25, -0.2) is 9.59 Å². The molecule has 4 rings (SSSR count). The quantitative estimate of drug-likeness (QED) is 0.670. The zero-order chi connectivity index (χ0) is 12.8. The van der Waals surface area contributed by atoms with Gasteiger partial charge in [-0.2, -0.15) is 0 Å². The number of nitrogens with two attached hydrogens (primary N) is 1. The van der Waals surface area contributed by atoms with Crippen molar-refractivity contribution in [2.24, 2.45) is 23.5 Å². The Hall–Kier alpha value is -0.910. The Balaban J connectivity index is 1.59. The van der Waals surface area contributed by atoms with Crippen molar-refractivity contribution in [2.45, 2.75) is 43.3 Å². The molecule has 0 spiro atoms. The molecule has 4 N–H and O–H groups in total. The third-order valence-electron chi connectivity index (χ3n) is 4.58. The summed E-state index contributed by atoms with van der Waals surface area (Å²) in [6, 6.07) is -1.30. The molecule has 4 bridgehead atoms. The number of imide groups is 1. The summed E-state index contributed by atoms with van der Waals surface area (Å²) in [7, 11) is 0. The van der Waals surface area contributed by atoms with Crippen LogP contribution in [0.5, 0.6) is 0 Å². The molecule has 4 amide bonds. The van der Waals surface area contributed by atoms with Crippen molar-refractivity contribution in [3.63, 3.8) is 0 Å². The van der Waals surface area contributed by atoms with Gasteiger partial charge in [0.05, 0.1) is 0 Å². The van der Waals surface area contributed by atoms with Crippen LogP contribution in [-0.4, -0.2) is 16.8 Å². The van der Waals surface area contributed by atoms with Gasteiger partial charge in [-0.3, -0.25) is 10.0 Å². The maximum absolute atomic E-state index is 11.4. The smallest absolute Gasteiger partial charge is 0.332 e. The first-order valence-electron chi connectivity index (χ1n) is 6.59. The van der Waals surface area contributed by atoms with Crippen molar-refractivity contribution in [3.8, 4) is 0 Å². The highest BCUT2D eigenvalue weighted by Gasteiger charge is 2.51. The van der Waals surface area contributed by atoms with Gasteiger partial charge in [0.15, 0.2) is 0 Å². The molecular weight excluding hydrogens is 250 g/mol. The third kappa shape index (κ3) is 2.30. The van der Waals surface area contributed by atoms with Gasteiger partial charge in [-0.1, -0.05) is 0 Å². The summed E-state index contributed by atoms with van der Waals surface area (Å²) in [6.07, 6.45) is 7.77. The van der Waals surface area contributed by atoms with Gasteiger partial charge in [0, 0.05) is 4.75 Å². The average molecular weight is 269 g/mol. The minimum Gasteiger partial charge on any atom is -0.351 e. The van der Waals surface area contributed by atoms with Crippen LogP contribution in [0.3, 0.4) is 0 Å². The number of urea groups is 2. The van der Waals surface area contributed by atoms with E-state index in [2.05, 4.69) is 4.72 Å². The summed E-state index contributed by atoms with van der Waals surface area (Å²) in [4.78, 5) is 22.0. The molecule has 0 unspecified atom stereocenters. The average Bonchev–Trinajstić information content (AvgIpc) is 2.23. The molecule has 4 aliphatic rings. The van der Waals surface area contributed by atoms with E-state index < -0.39 is 12.1 Å². The molecule has 0 atom stereocenters. The molecule has 0 radical (unpaired) electrons.